The standard InChI is InChI=1S/C25H26BrN3O6S/c1-3-34-24(32)23-17-9-21(35-13-15(30)12-29-22(31)11-27-25(29)33)18(26)10-19(17)28(2)20(23)14-36-16-7-5-4-6-8-16/h4-10,15,30H,3,11-14H2,1-2H3,(H,27,33)/t15-/m0/s1. The van der Waals surface area contributed by atoms with Gasteiger partial charge in [-0.1, -0.05) is 18.2 Å². The molecule has 9 nitrogen and oxygen atoms in total. The molecule has 0 radical (unpaired) electrons. The van der Waals surface area contributed by atoms with Crippen LogP contribution in [0.25, 0.3) is 10.9 Å². The number of thioether (sulfide) groups is 1. The number of rotatable bonds is 10. The first-order valence-electron chi connectivity index (χ1n) is 11.3. The average molecular weight is 576 g/mol. The third-order valence-electron chi connectivity index (χ3n) is 5.73. The summed E-state index contributed by atoms with van der Waals surface area (Å²) in [5.74, 6) is 0.156. The first-order valence-corrected chi connectivity index (χ1v) is 13.1. The molecule has 1 aliphatic heterocycles. The SMILES string of the molecule is CCOC(=O)c1c(CSc2ccccc2)n(C)c2cc(Br)c(OC[C@@H](O)CN3C(=O)CNC3=O)cc12. The van der Waals surface area contributed by atoms with Gasteiger partial charge in [-0.25, -0.2) is 9.59 Å². The maximum absolute atomic E-state index is 13.0. The highest BCUT2D eigenvalue weighted by Crippen LogP contribution is 2.37. The Bertz CT molecular complexity index is 1280. The van der Waals surface area contributed by atoms with E-state index in [0.29, 0.717) is 26.9 Å². The van der Waals surface area contributed by atoms with E-state index < -0.39 is 24.0 Å². The predicted octanol–water partition coefficient (Wildman–Crippen LogP) is 3.70. The van der Waals surface area contributed by atoms with Crippen LogP contribution in [0.3, 0.4) is 0 Å². The van der Waals surface area contributed by atoms with Gasteiger partial charge in [-0.15, -0.1) is 11.8 Å². The second kappa shape index (κ2) is 11.4. The molecule has 36 heavy (non-hydrogen) atoms. The van der Waals surface area contributed by atoms with E-state index in [1.807, 2.05) is 48.0 Å². The number of amides is 3. The molecule has 0 aliphatic carbocycles. The van der Waals surface area contributed by atoms with E-state index in [9.17, 15) is 19.5 Å². The minimum absolute atomic E-state index is 0.0792. The fraction of sp³-hybridized carbons (Fsp3) is 0.320. The smallest absolute Gasteiger partial charge is 0.340 e. The summed E-state index contributed by atoms with van der Waals surface area (Å²) >= 11 is 5.14. The van der Waals surface area contributed by atoms with E-state index in [4.69, 9.17) is 9.47 Å². The topological polar surface area (TPSA) is 110 Å². The van der Waals surface area contributed by atoms with Crippen molar-refractivity contribution in [1.29, 1.82) is 0 Å². The molecule has 1 atom stereocenters. The molecule has 0 unspecified atom stereocenters. The van der Waals surface area contributed by atoms with E-state index in [1.54, 1.807) is 24.8 Å². The van der Waals surface area contributed by atoms with E-state index in [2.05, 4.69) is 21.2 Å². The number of aliphatic hydroxyl groups is 1. The van der Waals surface area contributed by atoms with Gasteiger partial charge >= 0.3 is 12.0 Å². The maximum atomic E-state index is 13.0. The van der Waals surface area contributed by atoms with Crippen molar-refractivity contribution in [1.82, 2.24) is 14.8 Å². The normalized spacial score (nSPS) is 14.3. The monoisotopic (exact) mass is 575 g/mol. The van der Waals surface area contributed by atoms with Crippen LogP contribution in [0.15, 0.2) is 51.8 Å². The van der Waals surface area contributed by atoms with E-state index in [0.717, 1.165) is 21.0 Å². The van der Waals surface area contributed by atoms with Crippen molar-refractivity contribution in [2.75, 3.05) is 26.3 Å². The Morgan fingerprint density at radius 1 is 1.25 bits per heavy atom. The highest BCUT2D eigenvalue weighted by atomic mass is 79.9. The lowest BCUT2D eigenvalue weighted by molar-refractivity contribution is -0.126. The quantitative estimate of drug-likeness (QED) is 0.215. The van der Waals surface area contributed by atoms with Crippen LogP contribution in [-0.4, -0.2) is 64.9 Å². The first-order chi connectivity index (χ1) is 17.3. The third kappa shape index (κ3) is 5.53. The third-order valence-corrected chi connectivity index (χ3v) is 7.38. The number of β-amino-alcohol motifs (C(OH)–C–C–N with tert-alkyl or cyclic N) is 1. The van der Waals surface area contributed by atoms with E-state index in [-0.39, 0.29) is 26.3 Å². The zero-order valence-corrected chi connectivity index (χ0v) is 22.2. The number of halogens is 1. The predicted molar refractivity (Wildman–Crippen MR) is 139 cm³/mol. The van der Waals surface area contributed by atoms with Crippen molar-refractivity contribution >= 4 is 56.5 Å². The molecule has 3 aromatic rings. The number of hydrogen-bond acceptors (Lipinski definition) is 7. The van der Waals surface area contributed by atoms with Crippen LogP contribution in [0.2, 0.25) is 0 Å². The number of nitrogens with zero attached hydrogens (tertiary/aromatic N) is 2. The number of aromatic nitrogens is 1. The van der Waals surface area contributed by atoms with Crippen molar-refractivity contribution < 1.29 is 29.0 Å². The lowest BCUT2D eigenvalue weighted by atomic mass is 10.1. The second-order valence-corrected chi connectivity index (χ2v) is 10.0. The van der Waals surface area contributed by atoms with Gasteiger partial charge in [-0.3, -0.25) is 9.69 Å². The Kier molecular flexibility index (Phi) is 8.22. The van der Waals surface area contributed by atoms with Crippen molar-refractivity contribution in [3.05, 3.63) is 58.2 Å². The highest BCUT2D eigenvalue weighted by Gasteiger charge is 2.30. The zero-order chi connectivity index (χ0) is 25.8. The van der Waals surface area contributed by atoms with Gasteiger partial charge in [0, 0.05) is 28.8 Å². The molecule has 190 valence electrons. The van der Waals surface area contributed by atoms with E-state index in [1.165, 1.54) is 0 Å². The molecule has 2 N–H and O–H groups in total. The van der Waals surface area contributed by atoms with Crippen LogP contribution in [0, 0.1) is 0 Å². The molecule has 0 bridgehead atoms. The summed E-state index contributed by atoms with van der Waals surface area (Å²) in [5, 5.41) is 13.4. The number of fused-ring (bicyclic) bond motifs is 1. The van der Waals surface area contributed by atoms with Crippen LogP contribution in [0.5, 0.6) is 5.75 Å². The Labute approximate surface area is 220 Å². The molecule has 0 saturated carbocycles. The summed E-state index contributed by atoms with van der Waals surface area (Å²) in [6.45, 7) is 1.60. The molecule has 1 aromatic heterocycles. The number of carbonyl (C=O) groups is 3. The van der Waals surface area contributed by atoms with Crippen molar-refractivity contribution in [3.8, 4) is 5.75 Å². The molecule has 1 saturated heterocycles. The van der Waals surface area contributed by atoms with Gasteiger partial charge in [0.25, 0.3) is 0 Å². The zero-order valence-electron chi connectivity index (χ0n) is 19.8. The summed E-state index contributed by atoms with van der Waals surface area (Å²) in [4.78, 5) is 38.5. The second-order valence-electron chi connectivity index (χ2n) is 8.13. The van der Waals surface area contributed by atoms with Crippen LogP contribution in [-0.2, 0) is 22.3 Å². The van der Waals surface area contributed by atoms with Gasteiger partial charge in [0.2, 0.25) is 5.91 Å². The number of benzene rings is 2. The van der Waals surface area contributed by atoms with Gasteiger partial charge in [0.15, 0.2) is 0 Å². The number of aliphatic hydroxyl groups excluding tert-OH is 1. The lowest BCUT2D eigenvalue weighted by Gasteiger charge is -2.18. The highest BCUT2D eigenvalue weighted by molar-refractivity contribution is 9.10. The first kappa shape index (κ1) is 26.1. The van der Waals surface area contributed by atoms with E-state index >= 15 is 0 Å². The summed E-state index contributed by atoms with van der Waals surface area (Å²) in [5.41, 5.74) is 2.11. The number of urea groups is 1. The van der Waals surface area contributed by atoms with Crippen LogP contribution < -0.4 is 10.1 Å². The Hall–Kier alpha value is -3.02. The summed E-state index contributed by atoms with van der Waals surface area (Å²) in [6, 6.07) is 13.0. The summed E-state index contributed by atoms with van der Waals surface area (Å²) < 4.78 is 13.8. The fourth-order valence-electron chi connectivity index (χ4n) is 3.96. The van der Waals surface area contributed by atoms with Crippen LogP contribution >= 0.6 is 27.7 Å². The molecular weight excluding hydrogens is 550 g/mol. The molecular formula is C25H26BrN3O6S. The Morgan fingerprint density at radius 3 is 2.67 bits per heavy atom. The number of aryl methyl sites for hydroxylation is 1. The van der Waals surface area contributed by atoms with Crippen LogP contribution in [0.4, 0.5) is 4.79 Å². The molecule has 4 rings (SSSR count). The van der Waals surface area contributed by atoms with Crippen molar-refractivity contribution in [3.63, 3.8) is 0 Å². The fourth-order valence-corrected chi connectivity index (χ4v) is 5.39. The number of nitrogens with one attached hydrogen (secondary N) is 1. The number of carbonyl (C=O) groups excluding carboxylic acids is 3. The van der Waals surface area contributed by atoms with Gasteiger partial charge in [-0.05, 0) is 47.1 Å². The molecule has 2 aromatic carbocycles. The summed E-state index contributed by atoms with van der Waals surface area (Å²) in [6.07, 6.45) is -1.08. The number of esters is 1. The van der Waals surface area contributed by atoms with Gasteiger partial charge in [-0.2, -0.15) is 0 Å². The Morgan fingerprint density at radius 2 is 2.00 bits per heavy atom. The van der Waals surface area contributed by atoms with Crippen LogP contribution in [0.1, 0.15) is 23.0 Å². The number of imide groups is 1. The largest absolute Gasteiger partial charge is 0.490 e. The average Bonchev–Trinajstić information content (AvgIpc) is 3.32. The molecule has 3 amide bonds. The van der Waals surface area contributed by atoms with Gasteiger partial charge in [0.05, 0.1) is 35.2 Å². The number of ether oxygens (including phenoxy) is 2. The Balaban J connectivity index is 1.60. The molecule has 0 spiro atoms. The van der Waals surface area contributed by atoms with Gasteiger partial charge < -0.3 is 24.5 Å². The van der Waals surface area contributed by atoms with Crippen molar-refractivity contribution in [2.45, 2.75) is 23.7 Å². The minimum Gasteiger partial charge on any atom is -0.490 e. The molecule has 1 fully saturated rings. The maximum Gasteiger partial charge on any atom is 0.340 e. The van der Waals surface area contributed by atoms with Gasteiger partial charge in [0.1, 0.15) is 18.5 Å². The molecule has 2 heterocycles. The van der Waals surface area contributed by atoms with Crippen molar-refractivity contribution in [2.24, 2.45) is 7.05 Å². The minimum atomic E-state index is -1.08. The number of hydrogen-bond donors (Lipinski definition) is 2. The summed E-state index contributed by atoms with van der Waals surface area (Å²) in [7, 11) is 1.90. The molecule has 11 heteroatoms. The lowest BCUT2D eigenvalue weighted by Crippen LogP contribution is -2.39. The molecule has 1 aliphatic rings.